The van der Waals surface area contributed by atoms with Crippen LogP contribution in [0.1, 0.15) is 5.76 Å². The minimum absolute atomic E-state index is 0.130. The number of furan rings is 1. The smallest absolute Gasteiger partial charge is 0.266 e. The van der Waals surface area contributed by atoms with E-state index in [1.165, 1.54) is 16.7 Å². The van der Waals surface area contributed by atoms with Gasteiger partial charge in [0.2, 0.25) is 0 Å². The van der Waals surface area contributed by atoms with Gasteiger partial charge in [-0.25, -0.2) is 0 Å². The quantitative estimate of drug-likeness (QED) is 0.357. The van der Waals surface area contributed by atoms with Gasteiger partial charge in [0.1, 0.15) is 10.1 Å². The summed E-state index contributed by atoms with van der Waals surface area (Å²) in [6.45, 7) is 4.01. The molecule has 1 aliphatic heterocycles. The molecule has 2 rings (SSSR count). The van der Waals surface area contributed by atoms with Crippen LogP contribution < -0.4 is 5.66 Å². The van der Waals surface area contributed by atoms with Crippen molar-refractivity contribution in [1.29, 1.82) is 0 Å². The summed E-state index contributed by atoms with van der Waals surface area (Å²) in [4.78, 5) is 14.0. The molecule has 1 aromatic rings. The van der Waals surface area contributed by atoms with Crippen molar-refractivity contribution in [2.45, 2.75) is 0 Å². The van der Waals surface area contributed by atoms with E-state index in [9.17, 15) is 4.79 Å². The van der Waals surface area contributed by atoms with Gasteiger partial charge in [-0.1, -0.05) is 30.1 Å². The van der Waals surface area contributed by atoms with Crippen molar-refractivity contribution in [3.05, 3.63) is 35.5 Å². The number of hydrogen-bond donors (Lipinski definition) is 0. The maximum atomic E-state index is 11.9. The van der Waals surface area contributed by atoms with E-state index in [4.69, 9.17) is 24.5 Å². The maximum absolute atomic E-state index is 11.9. The van der Waals surface area contributed by atoms with Crippen LogP contribution in [-0.4, -0.2) is 29.5 Å². The van der Waals surface area contributed by atoms with E-state index in [2.05, 4.69) is 6.58 Å². The summed E-state index contributed by atoms with van der Waals surface area (Å²) in [6.07, 6.45) is 3.28. The molecule has 1 amide bonds. The van der Waals surface area contributed by atoms with Crippen molar-refractivity contribution in [3.8, 4) is 0 Å². The number of carbonyl (C=O) groups is 1. The van der Waals surface area contributed by atoms with E-state index in [-0.39, 0.29) is 5.91 Å². The predicted octanol–water partition coefficient (Wildman–Crippen LogP) is 1.46. The molecule has 0 spiro atoms. The second-order valence-corrected chi connectivity index (χ2v) is 5.00. The third-order valence-corrected chi connectivity index (χ3v) is 3.48. The first-order valence-electron chi connectivity index (χ1n) is 4.83. The van der Waals surface area contributed by atoms with Crippen molar-refractivity contribution in [3.63, 3.8) is 0 Å². The molecule has 0 atom stereocenters. The summed E-state index contributed by atoms with van der Waals surface area (Å²) in [7, 11) is 5.45. The minimum atomic E-state index is -0.130. The Morgan fingerprint density at radius 1 is 1.59 bits per heavy atom. The first-order chi connectivity index (χ1) is 8.11. The van der Waals surface area contributed by atoms with E-state index in [1.54, 1.807) is 24.3 Å². The van der Waals surface area contributed by atoms with E-state index >= 15 is 0 Å². The molecule has 1 saturated heterocycles. The fourth-order valence-corrected chi connectivity index (χ4v) is 2.62. The molecule has 3 nitrogen and oxygen atoms in total. The number of carbonyl (C=O) groups excluding carboxylic acids is 1. The number of nitrogens with zero attached hydrogens (tertiary/aromatic N) is 1. The summed E-state index contributed by atoms with van der Waals surface area (Å²) < 4.78 is 5.71. The summed E-state index contributed by atoms with van der Waals surface area (Å²) in [5.74, 6) is 0.413. The van der Waals surface area contributed by atoms with Crippen LogP contribution in [0.15, 0.2) is 34.1 Å². The third kappa shape index (κ3) is 2.53. The first kappa shape index (κ1) is 12.2. The van der Waals surface area contributed by atoms with Crippen LogP contribution in [-0.2, 0) is 4.79 Å². The van der Waals surface area contributed by atoms with Gasteiger partial charge >= 0.3 is 0 Å². The predicted molar refractivity (Wildman–Crippen MR) is 74.2 cm³/mol. The molecule has 2 heterocycles. The minimum Gasteiger partial charge on any atom is -0.473 e. The zero-order valence-corrected chi connectivity index (χ0v) is 10.5. The van der Waals surface area contributed by atoms with Gasteiger partial charge in [0.15, 0.2) is 7.85 Å². The van der Waals surface area contributed by atoms with Gasteiger partial charge in [0.05, 0.1) is 4.91 Å². The molecule has 0 aliphatic carbocycles. The van der Waals surface area contributed by atoms with Gasteiger partial charge in [-0.15, -0.1) is 6.58 Å². The second kappa shape index (κ2) is 4.93. The average Bonchev–Trinajstić information content (AvgIpc) is 2.79. The van der Waals surface area contributed by atoms with Crippen molar-refractivity contribution in [2.75, 3.05) is 6.54 Å². The molecular formula is C11H8BNO2S2. The number of hydrogen-bond acceptors (Lipinski definition) is 4. The zero-order valence-electron chi connectivity index (χ0n) is 8.88. The summed E-state index contributed by atoms with van der Waals surface area (Å²) in [5.41, 5.74) is 0.317. The topological polar surface area (TPSA) is 33.5 Å². The van der Waals surface area contributed by atoms with Crippen LogP contribution in [0.25, 0.3) is 6.08 Å². The van der Waals surface area contributed by atoms with Crippen LogP contribution in [0.4, 0.5) is 0 Å². The largest absolute Gasteiger partial charge is 0.473 e. The van der Waals surface area contributed by atoms with Crippen LogP contribution in [0.2, 0.25) is 0 Å². The van der Waals surface area contributed by atoms with E-state index in [0.29, 0.717) is 27.2 Å². The molecule has 1 fully saturated rings. The first-order valence-corrected chi connectivity index (χ1v) is 6.06. The average molecular weight is 261 g/mol. The van der Waals surface area contributed by atoms with Crippen molar-refractivity contribution in [1.82, 2.24) is 4.90 Å². The van der Waals surface area contributed by atoms with Gasteiger partial charge in [-0.05, 0) is 12.1 Å². The SMILES string of the molecule is [B]c1ccc(/C=C2\SC(=S)N(CC=C)C2=O)o1. The molecule has 0 bridgehead atoms. The molecule has 17 heavy (non-hydrogen) atoms. The highest BCUT2D eigenvalue weighted by Gasteiger charge is 2.31. The van der Waals surface area contributed by atoms with E-state index < -0.39 is 0 Å². The summed E-state index contributed by atoms with van der Waals surface area (Å²) in [5, 5.41) is 0. The molecule has 0 N–H and O–H groups in total. The molecule has 6 heteroatoms. The molecule has 0 unspecified atom stereocenters. The van der Waals surface area contributed by atoms with Gasteiger partial charge in [-0.2, -0.15) is 0 Å². The highest BCUT2D eigenvalue weighted by molar-refractivity contribution is 8.26. The standard InChI is InChI=1S/C11H8BNO2S2/c1-2-5-13-10(14)8(17-11(13)16)6-7-3-4-9(12)15-7/h2-4,6H,1,5H2/b8-6-. The molecule has 84 valence electrons. The van der Waals surface area contributed by atoms with Crippen LogP contribution in [0.5, 0.6) is 0 Å². The zero-order chi connectivity index (χ0) is 12.4. The Kier molecular flexibility index (Phi) is 3.54. The van der Waals surface area contributed by atoms with Gasteiger partial charge in [0, 0.05) is 18.3 Å². The van der Waals surface area contributed by atoms with Gasteiger partial charge in [-0.3, -0.25) is 9.69 Å². The lowest BCUT2D eigenvalue weighted by molar-refractivity contribution is -0.121. The highest BCUT2D eigenvalue weighted by atomic mass is 32.2. The van der Waals surface area contributed by atoms with E-state index in [1.807, 2.05) is 0 Å². The summed E-state index contributed by atoms with van der Waals surface area (Å²) >= 11 is 6.35. The number of thioether (sulfide) groups is 1. The Morgan fingerprint density at radius 2 is 2.35 bits per heavy atom. The fraction of sp³-hybridized carbons (Fsp3) is 0.0909. The normalized spacial score (nSPS) is 18.1. The molecule has 0 saturated carbocycles. The lowest BCUT2D eigenvalue weighted by Gasteiger charge is -2.10. The van der Waals surface area contributed by atoms with Gasteiger partial charge < -0.3 is 4.42 Å². The van der Waals surface area contributed by atoms with Crippen LogP contribution in [0, 0.1) is 0 Å². The lowest BCUT2D eigenvalue weighted by atomic mass is 10.1. The van der Waals surface area contributed by atoms with E-state index in [0.717, 1.165) is 0 Å². The molecule has 1 aliphatic rings. The van der Waals surface area contributed by atoms with Crippen molar-refractivity contribution < 1.29 is 9.21 Å². The Labute approximate surface area is 110 Å². The third-order valence-electron chi connectivity index (χ3n) is 2.11. The molecule has 0 aromatic carbocycles. The summed E-state index contributed by atoms with van der Waals surface area (Å²) in [6, 6.07) is 3.34. The number of amides is 1. The number of rotatable bonds is 3. The molecule has 2 radical (unpaired) electrons. The Balaban J connectivity index is 2.24. The van der Waals surface area contributed by atoms with Crippen LogP contribution >= 0.6 is 24.0 Å². The van der Waals surface area contributed by atoms with Gasteiger partial charge in [0.25, 0.3) is 5.91 Å². The maximum Gasteiger partial charge on any atom is 0.266 e. The molecular weight excluding hydrogens is 253 g/mol. The Hall–Kier alpha value is -1.27. The molecule has 1 aromatic heterocycles. The highest BCUT2D eigenvalue weighted by Crippen LogP contribution is 2.32. The lowest BCUT2D eigenvalue weighted by Crippen LogP contribution is -2.27. The van der Waals surface area contributed by atoms with Crippen LogP contribution in [0.3, 0.4) is 0 Å². The fourth-order valence-electron chi connectivity index (χ4n) is 1.36. The Morgan fingerprint density at radius 3 is 2.94 bits per heavy atom. The second-order valence-electron chi connectivity index (χ2n) is 3.32. The van der Waals surface area contributed by atoms with Crippen molar-refractivity contribution >= 4 is 53.8 Å². The van der Waals surface area contributed by atoms with Crippen molar-refractivity contribution in [2.24, 2.45) is 0 Å². The monoisotopic (exact) mass is 261 g/mol. The Bertz CT molecular complexity index is 521. The number of thiocarbonyl (C=S) groups is 1.